The second-order valence-electron chi connectivity index (χ2n) is 3.52. The van der Waals surface area contributed by atoms with Crippen molar-refractivity contribution in [2.24, 2.45) is 0 Å². The Morgan fingerprint density at radius 1 is 1.33 bits per heavy atom. The Morgan fingerprint density at radius 2 is 2.06 bits per heavy atom. The highest BCUT2D eigenvalue weighted by Crippen LogP contribution is 2.29. The predicted molar refractivity (Wildman–Crippen MR) is 74.1 cm³/mol. The first-order chi connectivity index (χ1) is 8.38. The number of nitrogens with zero attached hydrogens (tertiary/aromatic N) is 1. The van der Waals surface area contributed by atoms with Crippen LogP contribution in [0.15, 0.2) is 28.6 Å². The lowest BCUT2D eigenvalue weighted by Gasteiger charge is -2.08. The molecule has 2 aromatic rings. The number of pyridine rings is 1. The molecule has 0 radical (unpaired) electrons. The van der Waals surface area contributed by atoms with Gasteiger partial charge in [-0.1, -0.05) is 23.2 Å². The van der Waals surface area contributed by atoms with Gasteiger partial charge in [-0.25, -0.2) is 13.4 Å². The van der Waals surface area contributed by atoms with Gasteiger partial charge in [0.1, 0.15) is 4.21 Å². The number of aromatic nitrogens is 1. The second-order valence-corrected chi connectivity index (χ2v) is 7.50. The normalized spacial score (nSPS) is 11.5. The lowest BCUT2D eigenvalue weighted by molar-refractivity contribution is 0.603. The molecule has 8 heteroatoms. The highest BCUT2D eigenvalue weighted by Gasteiger charge is 2.18. The zero-order valence-electron chi connectivity index (χ0n) is 9.15. The Kier molecular flexibility index (Phi) is 3.82. The number of anilines is 1. The van der Waals surface area contributed by atoms with Crippen LogP contribution < -0.4 is 4.72 Å². The smallest absolute Gasteiger partial charge is 0.271 e. The summed E-state index contributed by atoms with van der Waals surface area (Å²) < 4.78 is 27.0. The van der Waals surface area contributed by atoms with Gasteiger partial charge in [-0.2, -0.15) is 0 Å². The van der Waals surface area contributed by atoms with E-state index in [1.165, 1.54) is 12.1 Å². The molecule has 0 unspecified atom stereocenters. The maximum atomic E-state index is 12.0. The van der Waals surface area contributed by atoms with Crippen molar-refractivity contribution < 1.29 is 8.42 Å². The van der Waals surface area contributed by atoms with E-state index in [2.05, 4.69) is 9.71 Å². The van der Waals surface area contributed by atoms with Crippen LogP contribution in [0.25, 0.3) is 0 Å². The fourth-order valence-electron chi connectivity index (χ4n) is 1.26. The molecule has 4 nitrogen and oxygen atoms in total. The van der Waals surface area contributed by atoms with E-state index in [9.17, 15) is 8.42 Å². The quantitative estimate of drug-likeness (QED) is 0.879. The average Bonchev–Trinajstić information content (AvgIpc) is 2.71. The van der Waals surface area contributed by atoms with Gasteiger partial charge in [-0.15, -0.1) is 11.3 Å². The van der Waals surface area contributed by atoms with Crippen LogP contribution in [0.4, 0.5) is 5.69 Å². The number of nitrogens with one attached hydrogen (secondary N) is 1. The molecule has 0 amide bonds. The van der Waals surface area contributed by atoms with Crippen molar-refractivity contribution >= 4 is 50.2 Å². The van der Waals surface area contributed by atoms with E-state index in [0.29, 0.717) is 4.34 Å². The van der Waals surface area contributed by atoms with Crippen LogP contribution in [0.1, 0.15) is 5.56 Å². The van der Waals surface area contributed by atoms with Crippen molar-refractivity contribution in [2.45, 2.75) is 11.1 Å². The Morgan fingerprint density at radius 3 is 2.67 bits per heavy atom. The summed E-state index contributed by atoms with van der Waals surface area (Å²) in [6.07, 6.45) is 1.56. The summed E-state index contributed by atoms with van der Waals surface area (Å²) >= 11 is 12.5. The summed E-state index contributed by atoms with van der Waals surface area (Å²) in [5.41, 5.74) is 1.06. The van der Waals surface area contributed by atoms with Gasteiger partial charge in [0.25, 0.3) is 10.0 Å². The van der Waals surface area contributed by atoms with Gasteiger partial charge in [0.05, 0.1) is 10.0 Å². The Balaban J connectivity index is 2.36. The minimum absolute atomic E-state index is 0.104. The second kappa shape index (κ2) is 5.05. The molecule has 0 fully saturated rings. The number of hydrogen-bond acceptors (Lipinski definition) is 4. The summed E-state index contributed by atoms with van der Waals surface area (Å²) in [6, 6.07) is 4.57. The molecule has 0 aliphatic rings. The lowest BCUT2D eigenvalue weighted by atomic mass is 10.3. The molecular formula is C10H8Cl2N2O2S2. The van der Waals surface area contributed by atoms with Gasteiger partial charge in [-0.05, 0) is 30.7 Å². The van der Waals surface area contributed by atoms with Crippen LogP contribution in [-0.4, -0.2) is 13.4 Å². The highest BCUT2D eigenvalue weighted by atomic mass is 35.5. The fourth-order valence-corrected chi connectivity index (χ4v) is 4.01. The number of aryl methyl sites for hydroxylation is 1. The molecule has 2 aromatic heterocycles. The molecule has 2 heterocycles. The highest BCUT2D eigenvalue weighted by molar-refractivity contribution is 7.94. The third-order valence-electron chi connectivity index (χ3n) is 2.03. The van der Waals surface area contributed by atoms with E-state index in [1.54, 1.807) is 19.2 Å². The van der Waals surface area contributed by atoms with E-state index in [4.69, 9.17) is 23.2 Å². The molecule has 0 aromatic carbocycles. The number of thiophene rings is 1. The van der Waals surface area contributed by atoms with Crippen LogP contribution in [0.3, 0.4) is 0 Å². The molecule has 0 saturated carbocycles. The van der Waals surface area contributed by atoms with Crippen LogP contribution in [0, 0.1) is 6.92 Å². The first kappa shape index (κ1) is 13.6. The maximum absolute atomic E-state index is 12.0. The Hall–Kier alpha value is -0.820. The molecule has 0 atom stereocenters. The first-order valence-corrected chi connectivity index (χ1v) is 7.84. The zero-order chi connectivity index (χ0) is 13.3. The van der Waals surface area contributed by atoms with Crippen LogP contribution in [-0.2, 0) is 10.0 Å². The maximum Gasteiger partial charge on any atom is 0.271 e. The SMILES string of the molecule is Cc1cnc(Cl)c(NS(=O)(=O)c2ccc(Cl)s2)c1. The number of sulfonamides is 1. The van der Waals surface area contributed by atoms with Gasteiger partial charge >= 0.3 is 0 Å². The molecule has 0 bridgehead atoms. The van der Waals surface area contributed by atoms with Gasteiger partial charge in [0.2, 0.25) is 0 Å². The summed E-state index contributed by atoms with van der Waals surface area (Å²) in [5, 5.41) is 0.104. The van der Waals surface area contributed by atoms with Crippen LogP contribution in [0.2, 0.25) is 9.49 Å². The summed E-state index contributed by atoms with van der Waals surface area (Å²) in [6.45, 7) is 1.79. The Bertz CT molecular complexity index is 683. The van der Waals surface area contributed by atoms with E-state index in [1.807, 2.05) is 0 Å². The predicted octanol–water partition coefficient (Wildman–Crippen LogP) is 3.56. The summed E-state index contributed by atoms with van der Waals surface area (Å²) in [5.74, 6) is 0. The van der Waals surface area contributed by atoms with Crippen LogP contribution >= 0.6 is 34.5 Å². The van der Waals surface area contributed by atoms with E-state index in [-0.39, 0.29) is 15.0 Å². The third kappa shape index (κ3) is 2.95. The van der Waals surface area contributed by atoms with E-state index >= 15 is 0 Å². The fraction of sp³-hybridized carbons (Fsp3) is 0.100. The number of rotatable bonds is 3. The first-order valence-electron chi connectivity index (χ1n) is 4.79. The van der Waals surface area contributed by atoms with E-state index < -0.39 is 10.0 Å². The monoisotopic (exact) mass is 322 g/mol. The van der Waals surface area contributed by atoms with Crippen molar-refractivity contribution in [3.05, 3.63) is 39.4 Å². The largest absolute Gasteiger partial charge is 0.276 e. The standard InChI is InChI=1S/C10H8Cl2N2O2S2/c1-6-4-7(10(12)13-5-6)14-18(15,16)9-3-2-8(11)17-9/h2-5,14H,1H3. The van der Waals surface area contributed by atoms with Crippen molar-refractivity contribution in [1.82, 2.24) is 4.98 Å². The van der Waals surface area contributed by atoms with Crippen molar-refractivity contribution in [2.75, 3.05) is 4.72 Å². The van der Waals surface area contributed by atoms with Gasteiger partial charge in [-0.3, -0.25) is 4.72 Å². The topological polar surface area (TPSA) is 59.1 Å². The van der Waals surface area contributed by atoms with Gasteiger partial charge in [0.15, 0.2) is 5.15 Å². The molecule has 0 spiro atoms. The molecule has 18 heavy (non-hydrogen) atoms. The minimum atomic E-state index is -3.67. The summed E-state index contributed by atoms with van der Waals surface area (Å²) in [4.78, 5) is 3.88. The molecule has 0 aliphatic heterocycles. The molecule has 2 rings (SSSR count). The molecule has 0 aliphatic carbocycles. The van der Waals surface area contributed by atoms with Gasteiger partial charge in [0, 0.05) is 6.20 Å². The van der Waals surface area contributed by atoms with Crippen LogP contribution in [0.5, 0.6) is 0 Å². The van der Waals surface area contributed by atoms with Crippen molar-refractivity contribution in [1.29, 1.82) is 0 Å². The Labute approximate surface area is 119 Å². The molecule has 0 saturated heterocycles. The number of hydrogen-bond donors (Lipinski definition) is 1. The van der Waals surface area contributed by atoms with Gasteiger partial charge < -0.3 is 0 Å². The molecular weight excluding hydrogens is 315 g/mol. The number of halogens is 2. The average molecular weight is 323 g/mol. The summed E-state index contributed by atoms with van der Waals surface area (Å²) in [7, 11) is -3.67. The zero-order valence-corrected chi connectivity index (χ0v) is 12.3. The third-order valence-corrected chi connectivity index (χ3v) is 5.42. The minimum Gasteiger partial charge on any atom is -0.276 e. The molecule has 1 N–H and O–H groups in total. The molecule has 96 valence electrons. The van der Waals surface area contributed by atoms with E-state index in [0.717, 1.165) is 16.9 Å². The van der Waals surface area contributed by atoms with Crippen molar-refractivity contribution in [3.63, 3.8) is 0 Å². The lowest BCUT2D eigenvalue weighted by Crippen LogP contribution is -2.12. The van der Waals surface area contributed by atoms with Crippen molar-refractivity contribution in [3.8, 4) is 0 Å².